The average Bonchev–Trinajstić information content (AvgIpc) is 2.76. The molecule has 0 aliphatic heterocycles. The maximum Gasteiger partial charge on any atom is 0.340 e. The van der Waals surface area contributed by atoms with Crippen molar-refractivity contribution >= 4 is 17.6 Å². The molecule has 2 aromatic rings. The van der Waals surface area contributed by atoms with Gasteiger partial charge in [-0.1, -0.05) is 11.6 Å². The van der Waals surface area contributed by atoms with Gasteiger partial charge in [0, 0.05) is 7.11 Å². The fourth-order valence-corrected chi connectivity index (χ4v) is 2.11. The minimum Gasteiger partial charge on any atom is -0.497 e. The van der Waals surface area contributed by atoms with Crippen LogP contribution in [-0.2, 0) is 11.3 Å². The number of nitrogens with zero attached hydrogens (tertiary/aromatic N) is 2. The van der Waals surface area contributed by atoms with Crippen molar-refractivity contribution in [1.82, 2.24) is 9.78 Å². The number of rotatable bonds is 5. The SMILES string of the molecule is COCc1nn(-c2ccc(OC)cc2)c(Cl)c1C(=O)O. The smallest absolute Gasteiger partial charge is 0.340 e. The third kappa shape index (κ3) is 2.61. The first-order valence-corrected chi connectivity index (χ1v) is 6.10. The second-order valence-corrected chi connectivity index (χ2v) is 4.32. The number of benzene rings is 1. The summed E-state index contributed by atoms with van der Waals surface area (Å²) in [6.45, 7) is 0.0739. The van der Waals surface area contributed by atoms with E-state index in [1.165, 1.54) is 11.8 Å². The van der Waals surface area contributed by atoms with E-state index in [2.05, 4.69) is 5.10 Å². The van der Waals surface area contributed by atoms with Crippen LogP contribution in [0.1, 0.15) is 16.1 Å². The predicted molar refractivity (Wildman–Crippen MR) is 72.8 cm³/mol. The number of methoxy groups -OCH3 is 2. The minimum atomic E-state index is -1.14. The quantitative estimate of drug-likeness (QED) is 0.917. The lowest BCUT2D eigenvalue weighted by Crippen LogP contribution is -2.01. The zero-order chi connectivity index (χ0) is 14.7. The summed E-state index contributed by atoms with van der Waals surface area (Å²) in [7, 11) is 3.03. The highest BCUT2D eigenvalue weighted by Gasteiger charge is 2.22. The molecule has 0 atom stereocenters. The standard InChI is InChI=1S/C13H13ClN2O4/c1-19-7-10-11(13(17)18)12(14)16(15-10)8-3-5-9(20-2)6-4-8/h3-6H,7H2,1-2H3,(H,17,18). The van der Waals surface area contributed by atoms with Crippen molar-refractivity contribution in [2.45, 2.75) is 6.61 Å². The molecular weight excluding hydrogens is 284 g/mol. The summed E-state index contributed by atoms with van der Waals surface area (Å²) in [5.74, 6) is -0.450. The van der Waals surface area contributed by atoms with Crippen LogP contribution in [-0.4, -0.2) is 35.1 Å². The lowest BCUT2D eigenvalue weighted by molar-refractivity contribution is 0.0692. The normalized spacial score (nSPS) is 10.6. The zero-order valence-corrected chi connectivity index (χ0v) is 11.7. The minimum absolute atomic E-state index is 0.0368. The molecule has 0 aliphatic carbocycles. The molecule has 0 saturated carbocycles. The van der Waals surface area contributed by atoms with Crippen molar-refractivity contribution in [2.75, 3.05) is 14.2 Å². The van der Waals surface area contributed by atoms with Crippen LogP contribution in [0.3, 0.4) is 0 Å². The lowest BCUT2D eigenvalue weighted by atomic mass is 10.2. The van der Waals surface area contributed by atoms with E-state index < -0.39 is 5.97 Å². The number of aromatic carboxylic acids is 1. The molecule has 1 heterocycles. The second-order valence-electron chi connectivity index (χ2n) is 3.96. The molecule has 0 bridgehead atoms. The molecular formula is C13H13ClN2O4. The van der Waals surface area contributed by atoms with E-state index in [0.717, 1.165) is 0 Å². The molecule has 106 valence electrons. The first kappa shape index (κ1) is 14.4. The molecule has 0 spiro atoms. The highest BCUT2D eigenvalue weighted by molar-refractivity contribution is 6.32. The van der Waals surface area contributed by atoms with Crippen LogP contribution in [0.5, 0.6) is 5.75 Å². The fourth-order valence-electron chi connectivity index (χ4n) is 1.78. The van der Waals surface area contributed by atoms with Crippen molar-refractivity contribution in [3.8, 4) is 11.4 Å². The van der Waals surface area contributed by atoms with E-state index in [1.807, 2.05) is 0 Å². The van der Waals surface area contributed by atoms with E-state index in [0.29, 0.717) is 11.4 Å². The van der Waals surface area contributed by atoms with Gasteiger partial charge in [0.2, 0.25) is 0 Å². The summed E-state index contributed by atoms with van der Waals surface area (Å²) in [6.07, 6.45) is 0. The Morgan fingerprint density at radius 2 is 2.00 bits per heavy atom. The molecule has 1 aromatic carbocycles. The number of halogens is 1. The lowest BCUT2D eigenvalue weighted by Gasteiger charge is -2.04. The molecule has 0 unspecified atom stereocenters. The Bertz CT molecular complexity index is 622. The number of carboxylic acids is 1. The van der Waals surface area contributed by atoms with Crippen LogP contribution in [0.25, 0.3) is 5.69 Å². The van der Waals surface area contributed by atoms with E-state index in [1.54, 1.807) is 31.4 Å². The molecule has 6 nitrogen and oxygen atoms in total. The summed E-state index contributed by atoms with van der Waals surface area (Å²) in [6, 6.07) is 6.95. The number of ether oxygens (including phenoxy) is 2. The van der Waals surface area contributed by atoms with Crippen LogP contribution in [0.15, 0.2) is 24.3 Å². The van der Waals surface area contributed by atoms with Crippen molar-refractivity contribution in [3.05, 3.63) is 40.7 Å². The first-order chi connectivity index (χ1) is 9.58. The van der Waals surface area contributed by atoms with Gasteiger partial charge in [-0.3, -0.25) is 0 Å². The molecule has 0 radical (unpaired) electrons. The highest BCUT2D eigenvalue weighted by atomic mass is 35.5. The molecule has 0 amide bonds. The number of carbonyl (C=O) groups is 1. The van der Waals surface area contributed by atoms with Crippen molar-refractivity contribution in [3.63, 3.8) is 0 Å². The number of hydrogen-bond donors (Lipinski definition) is 1. The first-order valence-electron chi connectivity index (χ1n) is 5.72. The summed E-state index contributed by atoms with van der Waals surface area (Å²) >= 11 is 6.10. The van der Waals surface area contributed by atoms with E-state index >= 15 is 0 Å². The Labute approximate surface area is 120 Å². The molecule has 2 rings (SSSR count). The van der Waals surface area contributed by atoms with Crippen molar-refractivity contribution in [1.29, 1.82) is 0 Å². The van der Waals surface area contributed by atoms with Gasteiger partial charge in [-0.25, -0.2) is 9.48 Å². The Morgan fingerprint density at radius 1 is 1.35 bits per heavy atom. The van der Waals surface area contributed by atoms with Crippen LogP contribution in [0, 0.1) is 0 Å². The average molecular weight is 297 g/mol. The third-order valence-corrected chi connectivity index (χ3v) is 3.06. The molecule has 0 fully saturated rings. The van der Waals surface area contributed by atoms with Crippen molar-refractivity contribution in [2.24, 2.45) is 0 Å². The Morgan fingerprint density at radius 3 is 2.50 bits per heavy atom. The van der Waals surface area contributed by atoms with Gasteiger partial charge in [-0.2, -0.15) is 5.10 Å². The van der Waals surface area contributed by atoms with Crippen LogP contribution in [0.2, 0.25) is 5.15 Å². The van der Waals surface area contributed by atoms with Gasteiger partial charge in [-0.15, -0.1) is 0 Å². The van der Waals surface area contributed by atoms with Gasteiger partial charge >= 0.3 is 5.97 Å². The largest absolute Gasteiger partial charge is 0.497 e. The van der Waals surface area contributed by atoms with Crippen molar-refractivity contribution < 1.29 is 19.4 Å². The van der Waals surface area contributed by atoms with Crippen LogP contribution >= 0.6 is 11.6 Å². The van der Waals surface area contributed by atoms with Gasteiger partial charge in [-0.05, 0) is 24.3 Å². The van der Waals surface area contributed by atoms with Gasteiger partial charge in [0.25, 0.3) is 0 Å². The molecule has 0 aliphatic rings. The molecule has 1 aromatic heterocycles. The third-order valence-electron chi connectivity index (χ3n) is 2.71. The highest BCUT2D eigenvalue weighted by Crippen LogP contribution is 2.25. The van der Waals surface area contributed by atoms with E-state index in [4.69, 9.17) is 21.1 Å². The molecule has 20 heavy (non-hydrogen) atoms. The predicted octanol–water partition coefficient (Wildman–Crippen LogP) is 2.38. The van der Waals surface area contributed by atoms with E-state index in [-0.39, 0.29) is 23.0 Å². The summed E-state index contributed by atoms with van der Waals surface area (Å²) < 4.78 is 11.4. The molecule has 7 heteroatoms. The molecule has 1 N–H and O–H groups in total. The second kappa shape index (κ2) is 5.94. The Balaban J connectivity index is 2.50. The summed E-state index contributed by atoms with van der Waals surface area (Å²) in [5, 5.41) is 13.4. The topological polar surface area (TPSA) is 73.6 Å². The number of carboxylic acid groups (broad SMARTS) is 1. The van der Waals surface area contributed by atoms with Gasteiger partial charge in [0.1, 0.15) is 22.2 Å². The van der Waals surface area contributed by atoms with E-state index in [9.17, 15) is 9.90 Å². The fraction of sp³-hybridized carbons (Fsp3) is 0.231. The van der Waals surface area contributed by atoms with Crippen LogP contribution < -0.4 is 4.74 Å². The van der Waals surface area contributed by atoms with Gasteiger partial charge in [0.05, 0.1) is 19.4 Å². The maximum atomic E-state index is 11.2. The number of aromatic nitrogens is 2. The van der Waals surface area contributed by atoms with Gasteiger partial charge in [0.15, 0.2) is 0 Å². The summed E-state index contributed by atoms with van der Waals surface area (Å²) in [5.41, 5.74) is 0.866. The monoisotopic (exact) mass is 296 g/mol. The molecule has 0 saturated heterocycles. The summed E-state index contributed by atoms with van der Waals surface area (Å²) in [4.78, 5) is 11.2. The van der Waals surface area contributed by atoms with Gasteiger partial charge < -0.3 is 14.6 Å². The zero-order valence-electron chi connectivity index (χ0n) is 11.0. The Kier molecular flexibility index (Phi) is 4.26. The Hall–Kier alpha value is -2.05. The number of hydrogen-bond acceptors (Lipinski definition) is 4. The van der Waals surface area contributed by atoms with Crippen LogP contribution in [0.4, 0.5) is 0 Å². The maximum absolute atomic E-state index is 11.2.